The predicted molar refractivity (Wildman–Crippen MR) is 124 cm³/mol. The number of carbonyl (C=O) groups excluding carboxylic acids is 1. The van der Waals surface area contributed by atoms with E-state index in [0.29, 0.717) is 16.4 Å². The van der Waals surface area contributed by atoms with Crippen LogP contribution in [-0.4, -0.2) is 17.3 Å². The third kappa shape index (κ3) is 5.86. The van der Waals surface area contributed by atoms with E-state index >= 15 is 0 Å². The quantitative estimate of drug-likeness (QED) is 0.131. The second-order valence-corrected chi connectivity index (χ2v) is 7.20. The molecule has 0 aliphatic heterocycles. The van der Waals surface area contributed by atoms with Crippen LogP contribution in [-0.2, 0) is 0 Å². The Labute approximate surface area is 182 Å². The van der Waals surface area contributed by atoms with Gasteiger partial charge < -0.3 is 10.1 Å². The summed E-state index contributed by atoms with van der Waals surface area (Å²) in [5.41, 5.74) is 5.02. The molecule has 0 unspecified atom stereocenters. The Hall–Kier alpha value is -2.78. The number of carbonyl (C=O) groups is 1. The Morgan fingerprint density at radius 3 is 2.36 bits per heavy atom. The zero-order valence-electron chi connectivity index (χ0n) is 14.6. The molecule has 2 N–H and O–H groups in total. The van der Waals surface area contributed by atoms with Gasteiger partial charge in [0, 0.05) is 9.26 Å². The van der Waals surface area contributed by atoms with Gasteiger partial charge in [0.1, 0.15) is 5.75 Å². The first-order valence-electron chi connectivity index (χ1n) is 8.34. The molecule has 3 aromatic rings. The number of rotatable bonds is 5. The average Bonchev–Trinajstić information content (AvgIpc) is 2.70. The molecule has 0 fully saturated rings. The number of hydrazone groups is 1. The second-order valence-electron chi connectivity index (χ2n) is 5.63. The molecule has 5 nitrogen and oxygen atoms in total. The molecule has 0 bridgehead atoms. The Morgan fingerprint density at radius 2 is 1.64 bits per heavy atom. The van der Waals surface area contributed by atoms with Crippen molar-refractivity contribution in [2.45, 2.75) is 0 Å². The lowest BCUT2D eigenvalue weighted by Crippen LogP contribution is -2.23. The summed E-state index contributed by atoms with van der Waals surface area (Å²) in [6.07, 6.45) is 1.63. The number of nitrogens with zero attached hydrogens (tertiary/aromatic N) is 1. The summed E-state index contributed by atoms with van der Waals surface area (Å²) in [5.74, 6) is 0.0847. The Kier molecular flexibility index (Phi) is 7.10. The highest BCUT2D eigenvalue weighted by Crippen LogP contribution is 2.17. The van der Waals surface area contributed by atoms with E-state index < -0.39 is 0 Å². The SMILES string of the molecule is O=C(Oc1ccc(/C=N\NC(=S)Nc2ccccc2)cc1)c1ccccc1I. The Bertz CT molecular complexity index is 992. The molecule has 3 aromatic carbocycles. The van der Waals surface area contributed by atoms with Crippen LogP contribution < -0.4 is 15.5 Å². The van der Waals surface area contributed by atoms with Crippen molar-refractivity contribution < 1.29 is 9.53 Å². The van der Waals surface area contributed by atoms with E-state index in [-0.39, 0.29) is 5.97 Å². The molecule has 28 heavy (non-hydrogen) atoms. The van der Waals surface area contributed by atoms with Crippen LogP contribution in [0.25, 0.3) is 0 Å². The summed E-state index contributed by atoms with van der Waals surface area (Å²) in [7, 11) is 0. The maximum atomic E-state index is 12.2. The smallest absolute Gasteiger partial charge is 0.344 e. The van der Waals surface area contributed by atoms with Gasteiger partial charge in [-0.2, -0.15) is 5.10 Å². The van der Waals surface area contributed by atoms with Crippen molar-refractivity contribution in [3.63, 3.8) is 0 Å². The summed E-state index contributed by atoms with van der Waals surface area (Å²) in [6.45, 7) is 0. The highest BCUT2D eigenvalue weighted by molar-refractivity contribution is 14.1. The number of anilines is 1. The van der Waals surface area contributed by atoms with E-state index in [2.05, 4.69) is 38.4 Å². The van der Waals surface area contributed by atoms with Crippen molar-refractivity contribution in [1.29, 1.82) is 0 Å². The highest BCUT2D eigenvalue weighted by Gasteiger charge is 2.11. The first kappa shape index (κ1) is 20.0. The molecular weight excluding hydrogens is 485 g/mol. The van der Waals surface area contributed by atoms with Crippen molar-refractivity contribution in [3.8, 4) is 5.75 Å². The molecule has 0 spiro atoms. The molecule has 0 amide bonds. The molecule has 0 aliphatic carbocycles. The van der Waals surface area contributed by atoms with Gasteiger partial charge in [0.25, 0.3) is 0 Å². The van der Waals surface area contributed by atoms with Crippen molar-refractivity contribution >= 4 is 57.8 Å². The summed E-state index contributed by atoms with van der Waals surface area (Å²) in [6, 6.07) is 23.9. The summed E-state index contributed by atoms with van der Waals surface area (Å²) < 4.78 is 6.26. The first-order chi connectivity index (χ1) is 13.6. The zero-order valence-corrected chi connectivity index (χ0v) is 17.6. The van der Waals surface area contributed by atoms with E-state index in [9.17, 15) is 4.79 Å². The summed E-state index contributed by atoms with van der Waals surface area (Å²) in [5, 5.41) is 7.52. The van der Waals surface area contributed by atoms with E-state index in [1.54, 1.807) is 36.5 Å². The topological polar surface area (TPSA) is 62.7 Å². The van der Waals surface area contributed by atoms with E-state index in [4.69, 9.17) is 17.0 Å². The fourth-order valence-corrected chi connectivity index (χ4v) is 3.03. The van der Waals surface area contributed by atoms with E-state index in [1.807, 2.05) is 48.5 Å². The highest BCUT2D eigenvalue weighted by atomic mass is 127. The van der Waals surface area contributed by atoms with Crippen molar-refractivity contribution in [2.24, 2.45) is 5.10 Å². The fourth-order valence-electron chi connectivity index (χ4n) is 2.26. The third-order valence-electron chi connectivity index (χ3n) is 3.60. The maximum absolute atomic E-state index is 12.2. The lowest BCUT2D eigenvalue weighted by atomic mass is 10.2. The maximum Gasteiger partial charge on any atom is 0.344 e. The number of nitrogens with one attached hydrogen (secondary N) is 2. The van der Waals surface area contributed by atoms with Crippen molar-refractivity contribution in [3.05, 3.63) is 93.6 Å². The fraction of sp³-hybridized carbons (Fsp3) is 0. The Morgan fingerprint density at radius 1 is 0.964 bits per heavy atom. The number of ether oxygens (including phenoxy) is 1. The van der Waals surface area contributed by atoms with Crippen LogP contribution in [0.15, 0.2) is 84.0 Å². The molecule has 0 radical (unpaired) electrons. The number of benzene rings is 3. The summed E-state index contributed by atoms with van der Waals surface area (Å²) >= 11 is 7.29. The van der Waals surface area contributed by atoms with Crippen LogP contribution in [0.1, 0.15) is 15.9 Å². The van der Waals surface area contributed by atoms with Gasteiger partial charge in [-0.25, -0.2) is 4.79 Å². The third-order valence-corrected chi connectivity index (χ3v) is 4.73. The van der Waals surface area contributed by atoms with E-state index in [0.717, 1.165) is 14.8 Å². The van der Waals surface area contributed by atoms with E-state index in [1.165, 1.54) is 0 Å². The zero-order chi connectivity index (χ0) is 19.8. The summed E-state index contributed by atoms with van der Waals surface area (Å²) in [4.78, 5) is 12.2. The number of thiocarbonyl (C=S) groups is 1. The lowest BCUT2D eigenvalue weighted by Gasteiger charge is -2.07. The number of halogens is 1. The average molecular weight is 501 g/mol. The van der Waals surface area contributed by atoms with Gasteiger partial charge in [0.05, 0.1) is 11.8 Å². The minimum absolute atomic E-state index is 0.384. The minimum Gasteiger partial charge on any atom is -0.423 e. The van der Waals surface area contributed by atoms with Crippen LogP contribution >= 0.6 is 34.8 Å². The van der Waals surface area contributed by atoms with Gasteiger partial charge in [-0.1, -0.05) is 30.3 Å². The van der Waals surface area contributed by atoms with Gasteiger partial charge in [-0.15, -0.1) is 0 Å². The van der Waals surface area contributed by atoms with Crippen LogP contribution in [0.4, 0.5) is 5.69 Å². The van der Waals surface area contributed by atoms with Crippen molar-refractivity contribution in [1.82, 2.24) is 5.43 Å². The van der Waals surface area contributed by atoms with Gasteiger partial charge >= 0.3 is 5.97 Å². The van der Waals surface area contributed by atoms with Gasteiger partial charge in [0.15, 0.2) is 5.11 Å². The number of hydrogen-bond acceptors (Lipinski definition) is 4. The monoisotopic (exact) mass is 501 g/mol. The number of para-hydroxylation sites is 1. The van der Waals surface area contributed by atoms with Crippen LogP contribution in [0.3, 0.4) is 0 Å². The molecular formula is C21H16IN3O2S. The minimum atomic E-state index is -0.384. The molecule has 0 aromatic heterocycles. The second kappa shape index (κ2) is 9.95. The molecule has 3 rings (SSSR count). The molecule has 0 aliphatic rings. The van der Waals surface area contributed by atoms with Crippen LogP contribution in [0.2, 0.25) is 0 Å². The van der Waals surface area contributed by atoms with Crippen LogP contribution in [0.5, 0.6) is 5.75 Å². The lowest BCUT2D eigenvalue weighted by molar-refractivity contribution is 0.0733. The predicted octanol–water partition coefficient (Wildman–Crippen LogP) is 4.83. The van der Waals surface area contributed by atoms with Gasteiger partial charge in [-0.3, -0.25) is 5.43 Å². The standard InChI is InChI=1S/C21H16IN3O2S/c22-19-9-5-4-8-18(19)20(26)27-17-12-10-15(11-13-17)14-23-25-21(28)24-16-6-2-1-3-7-16/h1-14H,(H2,24,25,28)/b23-14-. The van der Waals surface area contributed by atoms with Crippen LogP contribution in [0, 0.1) is 3.57 Å². The molecule has 140 valence electrons. The number of esters is 1. The van der Waals surface area contributed by atoms with Crippen molar-refractivity contribution in [2.75, 3.05) is 5.32 Å². The Balaban J connectivity index is 1.52. The molecule has 0 heterocycles. The largest absolute Gasteiger partial charge is 0.423 e. The molecule has 0 saturated heterocycles. The van der Waals surface area contributed by atoms with Gasteiger partial charge in [0.2, 0.25) is 0 Å². The molecule has 0 atom stereocenters. The molecule has 7 heteroatoms. The normalized spacial score (nSPS) is 10.5. The van der Waals surface area contributed by atoms with Gasteiger partial charge in [-0.05, 0) is 88.9 Å². The number of hydrogen-bond donors (Lipinski definition) is 2. The first-order valence-corrected chi connectivity index (χ1v) is 9.82. The molecule has 0 saturated carbocycles.